The number of aromatic nitrogens is 1. The van der Waals surface area contributed by atoms with Crippen LogP contribution in [0.25, 0.3) is 21.8 Å². The minimum atomic E-state index is -0.308. The second kappa shape index (κ2) is 13.1. The topological polar surface area (TPSA) is 25.2 Å². The molecule has 0 aliphatic carbocycles. The minimum absolute atomic E-state index is 0.308. The fourth-order valence-electron chi connectivity index (χ4n) is 4.37. The SMILES string of the molecule is CCCCCCCCCCCCSC[C@H](O)Cn1c2ccccc2c2ccccc21. The molecule has 2 aromatic carbocycles. The quantitative estimate of drug-likeness (QED) is 0.251. The number of aliphatic hydroxyl groups is 1. The van der Waals surface area contributed by atoms with E-state index < -0.39 is 0 Å². The second-order valence-corrected chi connectivity index (χ2v) is 9.71. The van der Waals surface area contributed by atoms with Gasteiger partial charge in [-0.2, -0.15) is 11.8 Å². The Morgan fingerprint density at radius 1 is 0.733 bits per heavy atom. The van der Waals surface area contributed by atoms with Crippen molar-refractivity contribution in [3.05, 3.63) is 48.5 Å². The van der Waals surface area contributed by atoms with Crippen molar-refractivity contribution in [2.24, 2.45) is 0 Å². The van der Waals surface area contributed by atoms with Gasteiger partial charge in [-0.05, 0) is 24.3 Å². The van der Waals surface area contributed by atoms with Gasteiger partial charge in [0.05, 0.1) is 6.10 Å². The highest BCUT2D eigenvalue weighted by atomic mass is 32.2. The number of unbranched alkanes of at least 4 members (excludes halogenated alkanes) is 9. The van der Waals surface area contributed by atoms with Crippen LogP contribution in [0.15, 0.2) is 48.5 Å². The van der Waals surface area contributed by atoms with Crippen LogP contribution < -0.4 is 0 Å². The Morgan fingerprint density at radius 3 is 1.80 bits per heavy atom. The number of fused-ring (bicyclic) bond motifs is 3. The highest BCUT2D eigenvalue weighted by Crippen LogP contribution is 2.29. The lowest BCUT2D eigenvalue weighted by molar-refractivity contribution is 0.181. The molecule has 1 aromatic heterocycles. The number of thioether (sulfide) groups is 1. The molecule has 0 spiro atoms. The average molecular weight is 426 g/mol. The van der Waals surface area contributed by atoms with Gasteiger partial charge in [0.1, 0.15) is 0 Å². The molecule has 0 bridgehead atoms. The zero-order valence-corrected chi connectivity index (χ0v) is 19.5. The summed E-state index contributed by atoms with van der Waals surface area (Å²) >= 11 is 1.91. The number of aliphatic hydroxyl groups excluding tert-OH is 1. The predicted octanol–water partition coefficient (Wildman–Crippen LogP) is 7.81. The molecule has 1 atom stereocenters. The Hall–Kier alpha value is -1.45. The van der Waals surface area contributed by atoms with Gasteiger partial charge in [-0.1, -0.05) is 101 Å². The molecular weight excluding hydrogens is 386 g/mol. The fourth-order valence-corrected chi connectivity index (χ4v) is 5.33. The van der Waals surface area contributed by atoms with Crippen LogP contribution in [0.3, 0.4) is 0 Å². The maximum absolute atomic E-state index is 10.7. The van der Waals surface area contributed by atoms with Gasteiger partial charge in [-0.3, -0.25) is 0 Å². The lowest BCUT2D eigenvalue weighted by Gasteiger charge is -2.14. The first-order chi connectivity index (χ1) is 14.8. The maximum atomic E-state index is 10.7. The van der Waals surface area contributed by atoms with Crippen molar-refractivity contribution in [2.45, 2.75) is 83.8 Å². The molecule has 0 aliphatic heterocycles. The van der Waals surface area contributed by atoms with Gasteiger partial charge >= 0.3 is 0 Å². The van der Waals surface area contributed by atoms with Gasteiger partial charge in [0.15, 0.2) is 0 Å². The molecule has 0 saturated heterocycles. The van der Waals surface area contributed by atoms with Gasteiger partial charge in [0.2, 0.25) is 0 Å². The van der Waals surface area contributed by atoms with E-state index in [4.69, 9.17) is 0 Å². The average Bonchev–Trinajstić information content (AvgIpc) is 3.08. The Balaban J connectivity index is 1.33. The maximum Gasteiger partial charge on any atom is 0.0809 e. The van der Waals surface area contributed by atoms with E-state index in [-0.39, 0.29) is 6.10 Å². The molecule has 0 radical (unpaired) electrons. The highest BCUT2D eigenvalue weighted by Gasteiger charge is 2.13. The summed E-state index contributed by atoms with van der Waals surface area (Å²) in [4.78, 5) is 0. The van der Waals surface area contributed by atoms with E-state index in [0.29, 0.717) is 6.54 Å². The Morgan fingerprint density at radius 2 is 1.23 bits per heavy atom. The molecule has 0 unspecified atom stereocenters. The largest absolute Gasteiger partial charge is 0.390 e. The minimum Gasteiger partial charge on any atom is -0.390 e. The summed E-state index contributed by atoms with van der Waals surface area (Å²) in [7, 11) is 0. The molecule has 3 heteroatoms. The van der Waals surface area contributed by atoms with E-state index in [1.165, 1.54) is 91.8 Å². The van der Waals surface area contributed by atoms with Crippen LogP contribution in [-0.2, 0) is 6.54 Å². The summed E-state index contributed by atoms with van der Waals surface area (Å²) in [6.45, 7) is 2.94. The van der Waals surface area contributed by atoms with Crippen molar-refractivity contribution >= 4 is 33.6 Å². The molecule has 0 aliphatic rings. The second-order valence-electron chi connectivity index (χ2n) is 8.56. The van der Waals surface area contributed by atoms with Crippen LogP contribution in [0.4, 0.5) is 0 Å². The molecule has 0 amide bonds. The van der Waals surface area contributed by atoms with Gasteiger partial charge in [-0.25, -0.2) is 0 Å². The van der Waals surface area contributed by atoms with Crippen molar-refractivity contribution in [1.29, 1.82) is 0 Å². The van der Waals surface area contributed by atoms with E-state index in [9.17, 15) is 5.11 Å². The summed E-state index contributed by atoms with van der Waals surface area (Å²) < 4.78 is 2.29. The van der Waals surface area contributed by atoms with Gasteiger partial charge in [-0.15, -0.1) is 0 Å². The zero-order valence-electron chi connectivity index (χ0n) is 18.7. The summed E-state index contributed by atoms with van der Waals surface area (Å²) in [5, 5.41) is 13.2. The Labute approximate surface area is 187 Å². The molecule has 3 rings (SSSR count). The third kappa shape index (κ3) is 6.78. The number of rotatable bonds is 15. The molecular formula is C27H39NOS. The highest BCUT2D eigenvalue weighted by molar-refractivity contribution is 7.99. The summed E-state index contributed by atoms with van der Waals surface area (Å²) in [6, 6.07) is 17.1. The van der Waals surface area contributed by atoms with Crippen LogP contribution in [0, 0.1) is 0 Å². The summed E-state index contributed by atoms with van der Waals surface area (Å²) in [6.07, 6.45) is 13.5. The summed E-state index contributed by atoms with van der Waals surface area (Å²) in [5.41, 5.74) is 2.44. The van der Waals surface area contributed by atoms with Crippen LogP contribution in [0.2, 0.25) is 0 Å². The number of hydrogen-bond donors (Lipinski definition) is 1. The van der Waals surface area contributed by atoms with E-state index in [1.54, 1.807) is 0 Å². The van der Waals surface area contributed by atoms with Crippen molar-refractivity contribution < 1.29 is 5.11 Å². The number of para-hydroxylation sites is 2. The van der Waals surface area contributed by atoms with Crippen LogP contribution in [-0.4, -0.2) is 27.3 Å². The molecule has 0 saturated carbocycles. The van der Waals surface area contributed by atoms with Crippen molar-refractivity contribution in [1.82, 2.24) is 4.57 Å². The molecule has 30 heavy (non-hydrogen) atoms. The summed E-state index contributed by atoms with van der Waals surface area (Å²) in [5.74, 6) is 1.99. The van der Waals surface area contributed by atoms with E-state index >= 15 is 0 Å². The molecule has 1 N–H and O–H groups in total. The number of nitrogens with zero attached hydrogens (tertiary/aromatic N) is 1. The van der Waals surface area contributed by atoms with Crippen molar-refractivity contribution in [3.63, 3.8) is 0 Å². The smallest absolute Gasteiger partial charge is 0.0809 e. The lowest BCUT2D eigenvalue weighted by Crippen LogP contribution is -2.18. The first-order valence-electron chi connectivity index (χ1n) is 12.0. The lowest BCUT2D eigenvalue weighted by atomic mass is 10.1. The van der Waals surface area contributed by atoms with E-state index in [2.05, 4.69) is 60.0 Å². The Bertz CT molecular complexity index is 818. The van der Waals surface area contributed by atoms with E-state index in [0.717, 1.165) is 5.75 Å². The first-order valence-corrected chi connectivity index (χ1v) is 13.2. The fraction of sp³-hybridized carbons (Fsp3) is 0.556. The normalized spacial score (nSPS) is 12.7. The molecule has 164 valence electrons. The third-order valence-corrected chi connectivity index (χ3v) is 7.22. The van der Waals surface area contributed by atoms with Crippen LogP contribution >= 0.6 is 11.8 Å². The first kappa shape index (κ1) is 23.2. The van der Waals surface area contributed by atoms with Gasteiger partial charge in [0, 0.05) is 34.1 Å². The monoisotopic (exact) mass is 425 g/mol. The van der Waals surface area contributed by atoms with Gasteiger partial charge < -0.3 is 9.67 Å². The van der Waals surface area contributed by atoms with Crippen LogP contribution in [0.5, 0.6) is 0 Å². The van der Waals surface area contributed by atoms with Crippen molar-refractivity contribution in [2.75, 3.05) is 11.5 Å². The Kier molecular flexibility index (Phi) is 10.1. The molecule has 2 nitrogen and oxygen atoms in total. The van der Waals surface area contributed by atoms with Crippen LogP contribution in [0.1, 0.15) is 71.1 Å². The van der Waals surface area contributed by atoms with E-state index in [1.807, 2.05) is 11.8 Å². The molecule has 3 aromatic rings. The third-order valence-electron chi connectivity index (χ3n) is 6.03. The standard InChI is InChI=1S/C27H39NOS/c1-2-3-4-5-6-7-8-9-10-15-20-30-22-23(29)21-28-26-18-13-11-16-24(26)25-17-12-14-19-27(25)28/h11-14,16-19,23,29H,2-10,15,20-22H2,1H3/t23-/m1/s1. The molecule has 0 fully saturated rings. The predicted molar refractivity (Wildman–Crippen MR) is 135 cm³/mol. The van der Waals surface area contributed by atoms with Crippen molar-refractivity contribution in [3.8, 4) is 0 Å². The molecule has 1 heterocycles. The number of benzene rings is 2. The number of hydrogen-bond acceptors (Lipinski definition) is 2. The van der Waals surface area contributed by atoms with Gasteiger partial charge in [0.25, 0.3) is 0 Å². The zero-order chi connectivity index (χ0) is 21.0.